The minimum Gasteiger partial charge on any atom is -0.482 e. The first kappa shape index (κ1) is 15.7. The van der Waals surface area contributed by atoms with Crippen molar-refractivity contribution in [2.24, 2.45) is 0 Å². The third kappa shape index (κ3) is 3.60. The van der Waals surface area contributed by atoms with Gasteiger partial charge in [0, 0.05) is 0 Å². The quantitative estimate of drug-likeness (QED) is 0.729. The molecule has 122 valence electrons. The summed E-state index contributed by atoms with van der Waals surface area (Å²) in [6, 6.07) is 14.4. The highest BCUT2D eigenvalue weighted by Gasteiger charge is 2.08. The molecule has 0 unspecified atom stereocenters. The smallest absolute Gasteiger partial charge is 0.344 e. The molecule has 0 amide bonds. The maximum absolute atomic E-state index is 11.9. The predicted octanol–water partition coefficient (Wildman–Crippen LogP) is 2.35. The highest BCUT2D eigenvalue weighted by Crippen LogP contribution is 2.16. The zero-order valence-corrected chi connectivity index (χ0v) is 13.1. The van der Waals surface area contributed by atoms with Crippen molar-refractivity contribution < 1.29 is 14.3 Å². The summed E-state index contributed by atoms with van der Waals surface area (Å²) in [4.78, 5) is 30.6. The molecule has 0 atom stereocenters. The molecule has 2 aromatic carbocycles. The molecule has 1 heterocycles. The zero-order valence-electron chi connectivity index (χ0n) is 13.1. The number of ether oxygens (including phenoxy) is 2. The molecule has 6 heteroatoms. The van der Waals surface area contributed by atoms with E-state index in [4.69, 9.17) is 9.47 Å². The van der Waals surface area contributed by atoms with Crippen LogP contribution in [0.5, 0.6) is 5.75 Å². The minimum absolute atomic E-state index is 0.115. The molecule has 24 heavy (non-hydrogen) atoms. The number of carbonyl (C=O) groups is 1. The molecule has 6 nitrogen and oxygen atoms in total. The summed E-state index contributed by atoms with van der Waals surface area (Å²) < 4.78 is 10.5. The normalized spacial score (nSPS) is 10.5. The maximum atomic E-state index is 11.9. The number of aromatic nitrogens is 2. The Morgan fingerprint density at radius 2 is 1.88 bits per heavy atom. The van der Waals surface area contributed by atoms with Gasteiger partial charge in [-0.3, -0.25) is 4.79 Å². The first-order chi connectivity index (χ1) is 11.6. The van der Waals surface area contributed by atoms with Crippen molar-refractivity contribution in [2.45, 2.75) is 13.5 Å². The van der Waals surface area contributed by atoms with Crippen LogP contribution in [0, 0.1) is 6.92 Å². The van der Waals surface area contributed by atoms with Crippen molar-refractivity contribution in [1.29, 1.82) is 0 Å². The topological polar surface area (TPSA) is 81.3 Å². The maximum Gasteiger partial charge on any atom is 0.344 e. The minimum atomic E-state index is -0.533. The summed E-state index contributed by atoms with van der Waals surface area (Å²) in [6.45, 7) is 1.57. The molecule has 0 bridgehead atoms. The van der Waals surface area contributed by atoms with E-state index >= 15 is 0 Å². The Balaban J connectivity index is 1.60. The summed E-state index contributed by atoms with van der Waals surface area (Å²) >= 11 is 0. The molecule has 1 aromatic heterocycles. The van der Waals surface area contributed by atoms with Crippen molar-refractivity contribution in [1.82, 2.24) is 9.97 Å². The molecule has 3 rings (SSSR count). The Morgan fingerprint density at radius 1 is 1.12 bits per heavy atom. The SMILES string of the molecule is Cc1ccccc1OCC(=O)OCc1nc2ccccc2c(=O)[nH]1. The van der Waals surface area contributed by atoms with Gasteiger partial charge in [0.15, 0.2) is 6.61 Å². The lowest BCUT2D eigenvalue weighted by Crippen LogP contribution is -2.18. The van der Waals surface area contributed by atoms with Crippen molar-refractivity contribution >= 4 is 16.9 Å². The first-order valence-electron chi connectivity index (χ1n) is 7.45. The fraction of sp³-hybridized carbons (Fsp3) is 0.167. The fourth-order valence-electron chi connectivity index (χ4n) is 2.25. The standard InChI is InChI=1S/C18H16N2O4/c1-12-6-2-5-9-15(12)23-11-17(21)24-10-16-19-14-8-4-3-7-13(14)18(22)20-16/h2-9H,10-11H2,1H3,(H,19,20,22). The fourth-order valence-corrected chi connectivity index (χ4v) is 2.25. The molecule has 0 spiro atoms. The Bertz CT molecular complexity index is 933. The largest absolute Gasteiger partial charge is 0.482 e. The number of rotatable bonds is 5. The average Bonchev–Trinajstić information content (AvgIpc) is 2.59. The van der Waals surface area contributed by atoms with Crippen LogP contribution < -0.4 is 10.3 Å². The first-order valence-corrected chi connectivity index (χ1v) is 7.45. The van der Waals surface area contributed by atoms with Crippen LogP contribution in [-0.2, 0) is 16.1 Å². The van der Waals surface area contributed by atoms with Crippen LogP contribution in [-0.4, -0.2) is 22.5 Å². The summed E-state index contributed by atoms with van der Waals surface area (Å²) in [7, 11) is 0. The van der Waals surface area contributed by atoms with Gasteiger partial charge in [-0.15, -0.1) is 0 Å². The molecular weight excluding hydrogens is 308 g/mol. The van der Waals surface area contributed by atoms with E-state index in [-0.39, 0.29) is 18.8 Å². The number of benzene rings is 2. The summed E-state index contributed by atoms with van der Waals surface area (Å²) in [6.07, 6.45) is 0. The van der Waals surface area contributed by atoms with Gasteiger partial charge in [-0.25, -0.2) is 9.78 Å². The van der Waals surface area contributed by atoms with Crippen LogP contribution in [0.3, 0.4) is 0 Å². The Morgan fingerprint density at radius 3 is 2.71 bits per heavy atom. The van der Waals surface area contributed by atoms with E-state index in [0.29, 0.717) is 22.5 Å². The molecule has 0 radical (unpaired) electrons. The monoisotopic (exact) mass is 324 g/mol. The third-order valence-electron chi connectivity index (χ3n) is 3.47. The van der Waals surface area contributed by atoms with Crippen LogP contribution in [0.1, 0.15) is 11.4 Å². The van der Waals surface area contributed by atoms with Gasteiger partial charge in [-0.2, -0.15) is 0 Å². The van der Waals surface area contributed by atoms with E-state index in [9.17, 15) is 9.59 Å². The lowest BCUT2D eigenvalue weighted by Gasteiger charge is -2.09. The Hall–Kier alpha value is -3.15. The van der Waals surface area contributed by atoms with E-state index in [0.717, 1.165) is 5.56 Å². The Kier molecular flexibility index (Phi) is 4.56. The second-order valence-corrected chi connectivity index (χ2v) is 5.24. The summed E-state index contributed by atoms with van der Waals surface area (Å²) in [5.41, 5.74) is 1.23. The lowest BCUT2D eigenvalue weighted by atomic mass is 10.2. The van der Waals surface area contributed by atoms with Gasteiger partial charge < -0.3 is 14.5 Å². The number of fused-ring (bicyclic) bond motifs is 1. The number of esters is 1. The predicted molar refractivity (Wildman–Crippen MR) is 88.8 cm³/mol. The highest BCUT2D eigenvalue weighted by atomic mass is 16.6. The van der Waals surface area contributed by atoms with Gasteiger partial charge >= 0.3 is 5.97 Å². The number of hydrogen-bond donors (Lipinski definition) is 1. The lowest BCUT2D eigenvalue weighted by molar-refractivity contribution is -0.147. The van der Waals surface area contributed by atoms with Gasteiger partial charge in [0.2, 0.25) is 0 Å². The number of hydrogen-bond acceptors (Lipinski definition) is 5. The van der Waals surface area contributed by atoms with Crippen molar-refractivity contribution in [3.63, 3.8) is 0 Å². The van der Waals surface area contributed by atoms with Crippen molar-refractivity contribution in [3.05, 3.63) is 70.3 Å². The summed E-state index contributed by atoms with van der Waals surface area (Å²) in [5.74, 6) is 0.392. The molecule has 0 fully saturated rings. The number of nitrogens with zero attached hydrogens (tertiary/aromatic N) is 1. The molecule has 0 aliphatic heterocycles. The van der Waals surface area contributed by atoms with E-state index in [1.54, 1.807) is 30.3 Å². The molecule has 3 aromatic rings. The third-order valence-corrected chi connectivity index (χ3v) is 3.47. The molecule has 0 saturated carbocycles. The van der Waals surface area contributed by atoms with Gasteiger partial charge in [0.1, 0.15) is 18.2 Å². The number of aryl methyl sites for hydroxylation is 1. The molecule has 0 saturated heterocycles. The van der Waals surface area contributed by atoms with Gasteiger partial charge in [-0.1, -0.05) is 30.3 Å². The number of nitrogens with one attached hydrogen (secondary N) is 1. The van der Waals surface area contributed by atoms with Crippen LogP contribution >= 0.6 is 0 Å². The molecule has 0 aliphatic carbocycles. The van der Waals surface area contributed by atoms with E-state index < -0.39 is 5.97 Å². The van der Waals surface area contributed by atoms with Gasteiger partial charge in [0.05, 0.1) is 10.9 Å². The van der Waals surface area contributed by atoms with E-state index in [2.05, 4.69) is 9.97 Å². The zero-order chi connectivity index (χ0) is 16.9. The van der Waals surface area contributed by atoms with Gasteiger partial charge in [-0.05, 0) is 30.7 Å². The second kappa shape index (κ2) is 6.95. The Labute approximate surface area is 138 Å². The van der Waals surface area contributed by atoms with Crippen LogP contribution in [0.2, 0.25) is 0 Å². The second-order valence-electron chi connectivity index (χ2n) is 5.24. The molecule has 0 aliphatic rings. The number of aromatic amines is 1. The number of H-pyrrole nitrogens is 1. The summed E-state index contributed by atoms with van der Waals surface area (Å²) in [5, 5.41) is 0.496. The number of para-hydroxylation sites is 2. The van der Waals surface area contributed by atoms with E-state index in [1.165, 1.54) is 0 Å². The van der Waals surface area contributed by atoms with Crippen molar-refractivity contribution in [3.8, 4) is 5.75 Å². The van der Waals surface area contributed by atoms with E-state index in [1.807, 2.05) is 25.1 Å². The average molecular weight is 324 g/mol. The van der Waals surface area contributed by atoms with Crippen molar-refractivity contribution in [2.75, 3.05) is 6.61 Å². The van der Waals surface area contributed by atoms with Crippen LogP contribution in [0.25, 0.3) is 10.9 Å². The van der Waals surface area contributed by atoms with Gasteiger partial charge in [0.25, 0.3) is 5.56 Å². The van der Waals surface area contributed by atoms with Crippen LogP contribution in [0.4, 0.5) is 0 Å². The number of carbonyl (C=O) groups excluding carboxylic acids is 1. The highest BCUT2D eigenvalue weighted by molar-refractivity contribution is 5.77. The van der Waals surface area contributed by atoms with Crippen LogP contribution in [0.15, 0.2) is 53.3 Å². The molecule has 1 N–H and O–H groups in total. The molecular formula is C18H16N2O4.